The first-order chi connectivity index (χ1) is 19.6. The maximum absolute atomic E-state index is 12.8. The first kappa shape index (κ1) is 31.5. The second-order valence-corrected chi connectivity index (χ2v) is 15.3. The minimum Gasteiger partial charge on any atom is -0.507 e. The van der Waals surface area contributed by atoms with Crippen LogP contribution < -0.4 is 5.32 Å². The van der Waals surface area contributed by atoms with E-state index in [-0.39, 0.29) is 39.9 Å². The van der Waals surface area contributed by atoms with Crippen LogP contribution in [0.15, 0.2) is 18.2 Å². The van der Waals surface area contributed by atoms with Gasteiger partial charge in [0.25, 0.3) is 0 Å². The van der Waals surface area contributed by atoms with Gasteiger partial charge in [-0.1, -0.05) is 20.8 Å². The van der Waals surface area contributed by atoms with E-state index >= 15 is 0 Å². The molecule has 234 valence electrons. The van der Waals surface area contributed by atoms with E-state index in [1.54, 1.807) is 0 Å². The Labute approximate surface area is 247 Å². The van der Waals surface area contributed by atoms with Crippen molar-refractivity contribution < 1.29 is 43.8 Å². The van der Waals surface area contributed by atoms with E-state index in [4.69, 9.17) is 4.52 Å². The van der Waals surface area contributed by atoms with Crippen LogP contribution in [-0.2, 0) is 13.9 Å². The van der Waals surface area contributed by atoms with Gasteiger partial charge in [0, 0.05) is 12.1 Å². The highest BCUT2D eigenvalue weighted by Crippen LogP contribution is 2.68. The third kappa shape index (κ3) is 5.90. The average Bonchev–Trinajstić information content (AvgIpc) is 3.25. The number of fused-ring (bicyclic) bond motifs is 5. The third-order valence-electron chi connectivity index (χ3n) is 12.0. The number of aromatic hydroxyl groups is 1. The zero-order valence-corrected chi connectivity index (χ0v) is 25.6. The Morgan fingerprint density at radius 3 is 2.45 bits per heavy atom. The van der Waals surface area contributed by atoms with Crippen LogP contribution in [0, 0.1) is 46.3 Å². The summed E-state index contributed by atoms with van der Waals surface area (Å²) in [5, 5.41) is 33.3. The first-order valence-electron chi connectivity index (χ1n) is 15.4. The summed E-state index contributed by atoms with van der Waals surface area (Å²) in [6, 6.07) is 4.02. The Hall–Kier alpha value is -1.97. The van der Waals surface area contributed by atoms with Gasteiger partial charge in [-0.25, -0.2) is 9.36 Å². The number of phosphoric ester groups is 1. The van der Waals surface area contributed by atoms with E-state index in [1.165, 1.54) is 18.2 Å². The van der Waals surface area contributed by atoms with E-state index < -0.39 is 26.0 Å². The third-order valence-corrected chi connectivity index (χ3v) is 12.6. The van der Waals surface area contributed by atoms with Crippen molar-refractivity contribution in [1.82, 2.24) is 0 Å². The van der Waals surface area contributed by atoms with Crippen molar-refractivity contribution in [2.45, 2.75) is 97.2 Å². The predicted octanol–water partition coefficient (Wildman–Crippen LogP) is 5.55. The second-order valence-electron chi connectivity index (χ2n) is 14.1. The molecule has 6 N–H and O–H groups in total. The van der Waals surface area contributed by atoms with E-state index in [2.05, 4.69) is 26.1 Å². The van der Waals surface area contributed by atoms with Crippen molar-refractivity contribution in [2.75, 3.05) is 5.32 Å². The lowest BCUT2D eigenvalue weighted by atomic mass is 9.43. The molecule has 10 atom stereocenters. The number of carboxylic acids is 1. The molecular weight excluding hydrogens is 561 g/mol. The minimum absolute atomic E-state index is 0.0243. The Balaban J connectivity index is 1.22. The van der Waals surface area contributed by atoms with Crippen molar-refractivity contribution in [2.24, 2.45) is 46.3 Å². The van der Waals surface area contributed by atoms with Gasteiger partial charge in [0.2, 0.25) is 5.91 Å². The molecule has 4 saturated carbocycles. The summed E-state index contributed by atoms with van der Waals surface area (Å²) in [5.74, 6) is 0.122. The number of anilines is 1. The smallest absolute Gasteiger partial charge is 0.469 e. The van der Waals surface area contributed by atoms with Crippen molar-refractivity contribution in [3.05, 3.63) is 23.8 Å². The van der Waals surface area contributed by atoms with Gasteiger partial charge >= 0.3 is 13.8 Å². The van der Waals surface area contributed by atoms with Gasteiger partial charge < -0.3 is 30.4 Å². The fraction of sp³-hybridized carbons (Fsp3) is 0.742. The molecule has 0 aromatic heterocycles. The molecule has 1 aromatic rings. The van der Waals surface area contributed by atoms with Crippen LogP contribution in [0.25, 0.3) is 0 Å². The SMILES string of the molecule is C[C@H](CCC(=O)Nc1ccc(O)c(C(=O)O)c1)[C@H]1CC[C@H]2[C@@H]3[C@@H](O)C[C@@H]4C[C@H](OP(=O)(O)O)CC[C@]4(C)[C@H]3CC[C@]12C. The van der Waals surface area contributed by atoms with Crippen molar-refractivity contribution >= 4 is 25.4 Å². The number of phosphoric acid groups is 1. The molecule has 4 aliphatic carbocycles. The number of carboxylic acid groups (broad SMARTS) is 1. The molecule has 0 unspecified atom stereocenters. The molecule has 0 saturated heterocycles. The van der Waals surface area contributed by atoms with Gasteiger partial charge in [-0.05, 0) is 122 Å². The van der Waals surface area contributed by atoms with Crippen molar-refractivity contribution in [3.8, 4) is 5.75 Å². The standard InChI is InChI=1S/C31H46NO9P/c1-17(4-9-27(35)32-19-5-8-25(33)21(16-19)29(36)37)22-6-7-23-28-24(11-13-31(22,23)3)30(2)12-10-20(41-42(38,39)40)14-18(30)15-26(28)34/h5,8,16-18,20,22-24,26,28,33-34H,4,6-7,9-15H2,1-3H3,(H,32,35)(H,36,37)(H2,38,39,40)/t17-,18+,20-,22-,23+,24+,26+,28+,30+,31-/m1/s1. The fourth-order valence-electron chi connectivity index (χ4n) is 10.0. The van der Waals surface area contributed by atoms with Crippen LogP contribution in [0.1, 0.15) is 95.3 Å². The number of rotatable bonds is 8. The number of phenols is 1. The highest BCUT2D eigenvalue weighted by molar-refractivity contribution is 7.46. The summed E-state index contributed by atoms with van der Waals surface area (Å²) in [6.45, 7) is 6.94. The number of hydrogen-bond acceptors (Lipinski definition) is 6. The molecule has 1 amide bonds. The summed E-state index contributed by atoms with van der Waals surface area (Å²) in [7, 11) is -4.54. The lowest BCUT2D eigenvalue weighted by Crippen LogP contribution is -2.58. The topological polar surface area (TPSA) is 174 Å². The molecule has 0 radical (unpaired) electrons. The zero-order valence-electron chi connectivity index (χ0n) is 24.7. The molecule has 4 fully saturated rings. The average molecular weight is 608 g/mol. The molecule has 0 heterocycles. The molecule has 5 rings (SSSR count). The maximum Gasteiger partial charge on any atom is 0.469 e. The second kappa shape index (κ2) is 11.5. The lowest BCUT2D eigenvalue weighted by Gasteiger charge is -2.62. The number of hydrogen-bond donors (Lipinski definition) is 6. The number of aliphatic hydroxyl groups is 1. The highest BCUT2D eigenvalue weighted by Gasteiger charge is 2.63. The number of nitrogens with one attached hydrogen (secondary N) is 1. The fourth-order valence-corrected chi connectivity index (χ4v) is 10.6. The molecule has 10 nitrogen and oxygen atoms in total. The summed E-state index contributed by atoms with van der Waals surface area (Å²) in [6.07, 6.45) is 7.05. The maximum atomic E-state index is 12.8. The van der Waals surface area contributed by atoms with Gasteiger partial charge in [0.15, 0.2) is 0 Å². The van der Waals surface area contributed by atoms with E-state index in [0.29, 0.717) is 61.5 Å². The van der Waals surface area contributed by atoms with Gasteiger partial charge in [0.1, 0.15) is 11.3 Å². The Morgan fingerprint density at radius 1 is 1.07 bits per heavy atom. The minimum atomic E-state index is -4.54. The summed E-state index contributed by atoms with van der Waals surface area (Å²) >= 11 is 0. The predicted molar refractivity (Wildman–Crippen MR) is 156 cm³/mol. The Bertz CT molecular complexity index is 1250. The number of benzene rings is 1. The van der Waals surface area contributed by atoms with E-state index in [1.807, 2.05) is 0 Å². The van der Waals surface area contributed by atoms with Gasteiger partial charge in [-0.2, -0.15) is 0 Å². The Kier molecular flexibility index (Phi) is 8.62. The molecule has 1 aromatic carbocycles. The number of amides is 1. The van der Waals surface area contributed by atoms with Crippen LogP contribution in [0.5, 0.6) is 5.75 Å². The largest absolute Gasteiger partial charge is 0.507 e. The molecule has 42 heavy (non-hydrogen) atoms. The van der Waals surface area contributed by atoms with E-state index in [9.17, 15) is 39.3 Å². The van der Waals surface area contributed by atoms with Crippen LogP contribution in [0.3, 0.4) is 0 Å². The molecule has 0 bridgehead atoms. The van der Waals surface area contributed by atoms with Crippen LogP contribution >= 0.6 is 7.82 Å². The number of carbonyl (C=O) groups excluding carboxylic acids is 1. The van der Waals surface area contributed by atoms with Crippen molar-refractivity contribution in [3.63, 3.8) is 0 Å². The molecule has 4 aliphatic rings. The van der Waals surface area contributed by atoms with Gasteiger partial charge in [0.05, 0.1) is 12.2 Å². The summed E-state index contributed by atoms with van der Waals surface area (Å²) in [4.78, 5) is 42.7. The number of carbonyl (C=O) groups is 2. The quantitative estimate of drug-likeness (QED) is 0.163. The summed E-state index contributed by atoms with van der Waals surface area (Å²) < 4.78 is 16.5. The van der Waals surface area contributed by atoms with Crippen LogP contribution in [0.4, 0.5) is 5.69 Å². The molecule has 0 aliphatic heterocycles. The van der Waals surface area contributed by atoms with Gasteiger partial charge in [-0.15, -0.1) is 0 Å². The van der Waals surface area contributed by atoms with E-state index in [0.717, 1.165) is 32.1 Å². The lowest BCUT2D eigenvalue weighted by molar-refractivity contribution is -0.173. The van der Waals surface area contributed by atoms with Crippen LogP contribution in [-0.4, -0.2) is 49.2 Å². The van der Waals surface area contributed by atoms with Crippen molar-refractivity contribution in [1.29, 1.82) is 0 Å². The molecule has 11 heteroatoms. The normalized spacial score (nSPS) is 38.6. The number of aromatic carboxylic acids is 1. The molecular formula is C31H46NO9P. The number of aliphatic hydroxyl groups excluding tert-OH is 1. The Morgan fingerprint density at radius 2 is 1.76 bits per heavy atom. The monoisotopic (exact) mass is 607 g/mol. The highest BCUT2D eigenvalue weighted by atomic mass is 31.2. The summed E-state index contributed by atoms with van der Waals surface area (Å²) in [5.41, 5.74) is 0.190. The zero-order chi connectivity index (χ0) is 30.6. The first-order valence-corrected chi connectivity index (χ1v) is 16.9. The van der Waals surface area contributed by atoms with Crippen LogP contribution in [0.2, 0.25) is 0 Å². The molecule has 0 spiro atoms. The van der Waals surface area contributed by atoms with Gasteiger partial charge in [-0.3, -0.25) is 9.32 Å².